The van der Waals surface area contributed by atoms with Gasteiger partial charge in [0.2, 0.25) is 5.88 Å². The van der Waals surface area contributed by atoms with Crippen LogP contribution in [0.1, 0.15) is 38.7 Å². The van der Waals surface area contributed by atoms with Crippen LogP contribution in [-0.2, 0) is 0 Å². The molecule has 0 fully saturated rings. The molecule has 0 saturated carbocycles. The number of hydrogen-bond acceptors (Lipinski definition) is 4. The van der Waals surface area contributed by atoms with Crippen LogP contribution < -0.4 is 10.1 Å². The first kappa shape index (κ1) is 13.5. The highest BCUT2D eigenvalue weighted by atomic mass is 16.5. The van der Waals surface area contributed by atoms with Gasteiger partial charge in [-0.2, -0.15) is 0 Å². The third-order valence-corrected chi connectivity index (χ3v) is 2.31. The van der Waals surface area contributed by atoms with Gasteiger partial charge in [0.1, 0.15) is 18.8 Å². The molecule has 4 heteroatoms. The van der Waals surface area contributed by atoms with Crippen molar-refractivity contribution in [1.82, 2.24) is 9.97 Å². The van der Waals surface area contributed by atoms with Crippen molar-refractivity contribution in [3.8, 4) is 5.88 Å². The number of hydrogen-bond donors (Lipinski definition) is 1. The Bertz CT molecular complexity index is 364. The minimum Gasteiger partial charge on any atom is -0.473 e. The molecule has 17 heavy (non-hydrogen) atoms. The average molecular weight is 235 g/mol. The fourth-order valence-corrected chi connectivity index (χ4v) is 1.54. The molecule has 1 heterocycles. The molecule has 0 aromatic carbocycles. The van der Waals surface area contributed by atoms with Gasteiger partial charge in [-0.05, 0) is 12.3 Å². The van der Waals surface area contributed by atoms with Crippen LogP contribution in [0.15, 0.2) is 19.0 Å². The van der Waals surface area contributed by atoms with E-state index >= 15 is 0 Å². The Balaban J connectivity index is 2.98. The summed E-state index contributed by atoms with van der Waals surface area (Å²) in [4.78, 5) is 8.46. The molecule has 0 amide bonds. The normalized spacial score (nSPS) is 10.4. The lowest BCUT2D eigenvalue weighted by molar-refractivity contribution is 0.342. The van der Waals surface area contributed by atoms with Crippen LogP contribution in [0.5, 0.6) is 5.88 Å². The Hall–Kier alpha value is -1.58. The quantitative estimate of drug-likeness (QED) is 0.738. The van der Waals surface area contributed by atoms with E-state index in [0.29, 0.717) is 18.4 Å². The van der Waals surface area contributed by atoms with Crippen molar-refractivity contribution in [2.45, 2.75) is 33.1 Å². The Morgan fingerprint density at radius 1 is 1.47 bits per heavy atom. The third kappa shape index (κ3) is 3.73. The van der Waals surface area contributed by atoms with Crippen molar-refractivity contribution >= 4 is 5.82 Å². The van der Waals surface area contributed by atoms with Crippen LogP contribution >= 0.6 is 0 Å². The number of rotatable bonds is 7. The van der Waals surface area contributed by atoms with Gasteiger partial charge in [0.05, 0.1) is 5.56 Å². The van der Waals surface area contributed by atoms with E-state index in [1.54, 1.807) is 6.08 Å². The van der Waals surface area contributed by atoms with Crippen LogP contribution in [-0.4, -0.2) is 23.1 Å². The Labute approximate surface area is 103 Å². The van der Waals surface area contributed by atoms with Crippen molar-refractivity contribution in [2.24, 2.45) is 0 Å². The zero-order valence-electron chi connectivity index (χ0n) is 10.9. The van der Waals surface area contributed by atoms with Crippen molar-refractivity contribution in [3.05, 3.63) is 24.5 Å². The lowest BCUT2D eigenvalue weighted by atomic mass is 10.1. The van der Waals surface area contributed by atoms with Gasteiger partial charge in [-0.3, -0.25) is 0 Å². The minimum absolute atomic E-state index is 0.315. The Morgan fingerprint density at radius 3 is 2.82 bits per heavy atom. The van der Waals surface area contributed by atoms with E-state index in [4.69, 9.17) is 4.74 Å². The van der Waals surface area contributed by atoms with Crippen molar-refractivity contribution in [2.75, 3.05) is 18.5 Å². The second-order valence-corrected chi connectivity index (χ2v) is 4.12. The van der Waals surface area contributed by atoms with E-state index in [0.717, 1.165) is 24.3 Å². The molecule has 1 N–H and O–H groups in total. The molecule has 0 aliphatic heterocycles. The van der Waals surface area contributed by atoms with Gasteiger partial charge in [-0.15, -0.1) is 0 Å². The van der Waals surface area contributed by atoms with Crippen molar-refractivity contribution < 1.29 is 4.74 Å². The molecule has 0 spiro atoms. The summed E-state index contributed by atoms with van der Waals surface area (Å²) >= 11 is 0. The first-order valence-electron chi connectivity index (χ1n) is 6.03. The van der Waals surface area contributed by atoms with Crippen LogP contribution in [0.25, 0.3) is 0 Å². The summed E-state index contributed by atoms with van der Waals surface area (Å²) in [5.74, 6) is 1.83. The molecule has 94 valence electrons. The molecule has 1 aromatic rings. The standard InChI is InChI=1S/C13H21N3O/c1-5-7-14-12-11(10(3)4)13(16-9-15-12)17-8-6-2/h6,9-10H,2,5,7-8H2,1,3-4H3,(H,14,15,16). The van der Waals surface area contributed by atoms with Crippen LogP contribution in [0.4, 0.5) is 5.82 Å². The van der Waals surface area contributed by atoms with Gasteiger partial charge in [0, 0.05) is 6.54 Å². The van der Waals surface area contributed by atoms with Gasteiger partial charge < -0.3 is 10.1 Å². The fraction of sp³-hybridized carbons (Fsp3) is 0.538. The van der Waals surface area contributed by atoms with Crippen molar-refractivity contribution in [1.29, 1.82) is 0 Å². The SMILES string of the molecule is C=CCOc1ncnc(NCCC)c1C(C)C. The summed E-state index contributed by atoms with van der Waals surface area (Å²) in [6.45, 7) is 11.3. The van der Waals surface area contributed by atoms with E-state index in [-0.39, 0.29) is 0 Å². The average Bonchev–Trinajstić information content (AvgIpc) is 2.33. The molecule has 0 aliphatic rings. The second-order valence-electron chi connectivity index (χ2n) is 4.12. The first-order valence-corrected chi connectivity index (χ1v) is 6.03. The van der Waals surface area contributed by atoms with E-state index in [2.05, 4.69) is 42.6 Å². The molecule has 4 nitrogen and oxygen atoms in total. The van der Waals surface area contributed by atoms with Crippen LogP contribution in [0.3, 0.4) is 0 Å². The Kier molecular flexibility index (Phi) is 5.46. The topological polar surface area (TPSA) is 47.0 Å². The highest BCUT2D eigenvalue weighted by Gasteiger charge is 2.15. The van der Waals surface area contributed by atoms with Crippen LogP contribution in [0, 0.1) is 0 Å². The molecule has 0 atom stereocenters. The predicted octanol–water partition coefficient (Wildman–Crippen LogP) is 2.99. The highest BCUT2D eigenvalue weighted by Crippen LogP contribution is 2.29. The highest BCUT2D eigenvalue weighted by molar-refractivity contribution is 5.50. The molecule has 0 radical (unpaired) electrons. The minimum atomic E-state index is 0.315. The summed E-state index contributed by atoms with van der Waals surface area (Å²) in [6.07, 6.45) is 4.30. The molecule has 0 unspecified atom stereocenters. The molecule has 1 aromatic heterocycles. The van der Waals surface area contributed by atoms with Crippen molar-refractivity contribution in [3.63, 3.8) is 0 Å². The molecule has 1 rings (SSSR count). The maximum Gasteiger partial charge on any atom is 0.222 e. The van der Waals surface area contributed by atoms with Crippen LogP contribution in [0.2, 0.25) is 0 Å². The number of nitrogens with one attached hydrogen (secondary N) is 1. The largest absolute Gasteiger partial charge is 0.473 e. The molecular weight excluding hydrogens is 214 g/mol. The monoisotopic (exact) mass is 235 g/mol. The fourth-order valence-electron chi connectivity index (χ4n) is 1.54. The number of aromatic nitrogens is 2. The molecular formula is C13H21N3O. The number of ether oxygens (including phenoxy) is 1. The zero-order valence-corrected chi connectivity index (χ0v) is 10.9. The smallest absolute Gasteiger partial charge is 0.222 e. The summed E-state index contributed by atoms with van der Waals surface area (Å²) in [5.41, 5.74) is 1.03. The van der Waals surface area contributed by atoms with Gasteiger partial charge in [0.15, 0.2) is 0 Å². The Morgan fingerprint density at radius 2 is 2.24 bits per heavy atom. The number of nitrogens with zero attached hydrogens (tertiary/aromatic N) is 2. The zero-order chi connectivity index (χ0) is 12.7. The van der Waals surface area contributed by atoms with E-state index in [1.165, 1.54) is 6.33 Å². The summed E-state index contributed by atoms with van der Waals surface area (Å²) in [5, 5.41) is 3.30. The predicted molar refractivity (Wildman–Crippen MR) is 70.6 cm³/mol. The maximum absolute atomic E-state index is 5.56. The summed E-state index contributed by atoms with van der Waals surface area (Å²) in [6, 6.07) is 0. The summed E-state index contributed by atoms with van der Waals surface area (Å²) < 4.78 is 5.56. The maximum atomic E-state index is 5.56. The summed E-state index contributed by atoms with van der Waals surface area (Å²) in [7, 11) is 0. The van der Waals surface area contributed by atoms with E-state index < -0.39 is 0 Å². The van der Waals surface area contributed by atoms with E-state index in [1.807, 2.05) is 0 Å². The molecule has 0 bridgehead atoms. The second kappa shape index (κ2) is 6.89. The third-order valence-electron chi connectivity index (χ3n) is 2.31. The van der Waals surface area contributed by atoms with E-state index in [9.17, 15) is 0 Å². The van der Waals surface area contributed by atoms with Gasteiger partial charge in [0.25, 0.3) is 0 Å². The van der Waals surface area contributed by atoms with Gasteiger partial charge in [-0.25, -0.2) is 9.97 Å². The van der Waals surface area contributed by atoms with Gasteiger partial charge >= 0.3 is 0 Å². The lowest BCUT2D eigenvalue weighted by Gasteiger charge is -2.16. The number of anilines is 1. The molecule has 0 saturated heterocycles. The van der Waals surface area contributed by atoms with Gasteiger partial charge in [-0.1, -0.05) is 33.4 Å². The lowest BCUT2D eigenvalue weighted by Crippen LogP contribution is -2.10. The molecule has 0 aliphatic carbocycles. The first-order chi connectivity index (χ1) is 8.20.